The molecule has 9 nitrogen and oxygen atoms in total. The highest BCUT2D eigenvalue weighted by molar-refractivity contribution is 7.92. The quantitative estimate of drug-likeness (QED) is 0.263. The van der Waals surface area contributed by atoms with Crippen LogP contribution in [-0.2, 0) is 26.2 Å². The molecular weight excluding hydrogens is 542 g/mol. The van der Waals surface area contributed by atoms with Crippen LogP contribution in [-0.4, -0.2) is 58.0 Å². The van der Waals surface area contributed by atoms with Crippen LogP contribution in [0.3, 0.4) is 0 Å². The summed E-state index contributed by atoms with van der Waals surface area (Å²) in [6, 6.07) is 20.8. The fourth-order valence-electron chi connectivity index (χ4n) is 4.21. The molecule has 0 aliphatic rings. The molecule has 3 rings (SSSR count). The normalized spacial score (nSPS) is 11.8. The van der Waals surface area contributed by atoms with E-state index >= 15 is 0 Å². The number of ether oxygens (including phenoxy) is 2. The van der Waals surface area contributed by atoms with Crippen molar-refractivity contribution in [2.75, 3.05) is 31.1 Å². The van der Waals surface area contributed by atoms with Crippen LogP contribution in [0.1, 0.15) is 39.2 Å². The summed E-state index contributed by atoms with van der Waals surface area (Å²) in [6.45, 7) is 6.05. The molecule has 0 unspecified atom stereocenters. The van der Waals surface area contributed by atoms with Crippen molar-refractivity contribution in [1.82, 2.24) is 10.2 Å². The molecule has 0 saturated carbocycles. The summed E-state index contributed by atoms with van der Waals surface area (Å²) < 4.78 is 39.6. The molecule has 1 atom stereocenters. The van der Waals surface area contributed by atoms with Gasteiger partial charge < -0.3 is 19.7 Å². The Labute approximate surface area is 243 Å². The number of benzene rings is 3. The van der Waals surface area contributed by atoms with Gasteiger partial charge in [-0.3, -0.25) is 13.9 Å². The molecule has 0 aliphatic heterocycles. The summed E-state index contributed by atoms with van der Waals surface area (Å²) in [5, 5.41) is 2.88. The van der Waals surface area contributed by atoms with E-state index < -0.39 is 28.5 Å². The van der Waals surface area contributed by atoms with Crippen LogP contribution in [0.4, 0.5) is 5.69 Å². The second-order valence-electron chi connectivity index (χ2n) is 9.45. The minimum Gasteiger partial charge on any atom is -0.497 e. The summed E-state index contributed by atoms with van der Waals surface area (Å²) in [5.41, 5.74) is 1.04. The number of hydrogen-bond donors (Lipinski definition) is 1. The first-order valence-corrected chi connectivity index (χ1v) is 15.2. The van der Waals surface area contributed by atoms with Gasteiger partial charge in [0.1, 0.15) is 24.1 Å². The minimum absolute atomic E-state index is 0.0476. The van der Waals surface area contributed by atoms with E-state index in [9.17, 15) is 18.0 Å². The number of anilines is 1. The summed E-state index contributed by atoms with van der Waals surface area (Å²) in [5.74, 6) is 0.349. The van der Waals surface area contributed by atoms with E-state index in [1.165, 1.54) is 17.0 Å². The molecule has 0 bridgehead atoms. The number of methoxy groups -OCH3 is 1. The molecule has 3 aromatic carbocycles. The number of unbranched alkanes of at least 4 members (excludes halogenated alkanes) is 1. The zero-order chi connectivity index (χ0) is 29.8. The first-order valence-electron chi connectivity index (χ1n) is 13.7. The molecule has 0 saturated heterocycles. The van der Waals surface area contributed by atoms with Crippen LogP contribution in [0.5, 0.6) is 11.5 Å². The van der Waals surface area contributed by atoms with Gasteiger partial charge in [0.2, 0.25) is 11.8 Å². The molecule has 41 heavy (non-hydrogen) atoms. The highest BCUT2D eigenvalue weighted by atomic mass is 32.2. The molecule has 0 spiro atoms. The number of rotatable bonds is 15. The number of carbonyl (C=O) groups excluding carboxylic acids is 2. The van der Waals surface area contributed by atoms with Crippen molar-refractivity contribution < 1.29 is 27.5 Å². The largest absolute Gasteiger partial charge is 0.497 e. The Hall–Kier alpha value is -4.05. The van der Waals surface area contributed by atoms with Crippen LogP contribution in [0.25, 0.3) is 0 Å². The Kier molecular flexibility index (Phi) is 11.6. The molecular formula is C31H39N3O6S. The van der Waals surface area contributed by atoms with Crippen LogP contribution in [0.15, 0.2) is 83.8 Å². The molecule has 0 radical (unpaired) electrons. The fraction of sp³-hybridized carbons (Fsp3) is 0.355. The maximum atomic E-state index is 14.0. The minimum atomic E-state index is -4.13. The van der Waals surface area contributed by atoms with Gasteiger partial charge >= 0.3 is 0 Å². The highest BCUT2D eigenvalue weighted by Gasteiger charge is 2.32. The predicted molar refractivity (Wildman–Crippen MR) is 160 cm³/mol. The summed E-state index contributed by atoms with van der Waals surface area (Å²) in [6.07, 6.45) is 1.72. The topological polar surface area (TPSA) is 105 Å². The van der Waals surface area contributed by atoms with Crippen LogP contribution in [0.2, 0.25) is 0 Å². The first-order chi connectivity index (χ1) is 19.7. The second-order valence-corrected chi connectivity index (χ2v) is 11.3. The predicted octanol–water partition coefficient (Wildman–Crippen LogP) is 4.62. The molecule has 0 aliphatic carbocycles. The van der Waals surface area contributed by atoms with E-state index in [0.717, 1.165) is 22.7 Å². The Morgan fingerprint density at radius 1 is 0.927 bits per heavy atom. The van der Waals surface area contributed by atoms with Crippen LogP contribution < -0.4 is 19.1 Å². The number of nitrogens with zero attached hydrogens (tertiary/aromatic N) is 2. The van der Waals surface area contributed by atoms with E-state index in [0.29, 0.717) is 30.3 Å². The summed E-state index contributed by atoms with van der Waals surface area (Å²) in [7, 11) is -2.58. The van der Waals surface area contributed by atoms with Gasteiger partial charge in [-0.15, -0.1) is 0 Å². The van der Waals surface area contributed by atoms with E-state index in [1.807, 2.05) is 19.9 Å². The lowest BCUT2D eigenvalue weighted by atomic mass is 10.1. The molecule has 0 aromatic heterocycles. The van der Waals surface area contributed by atoms with Gasteiger partial charge in [-0.2, -0.15) is 0 Å². The van der Waals surface area contributed by atoms with Crippen LogP contribution in [0, 0.1) is 0 Å². The van der Waals surface area contributed by atoms with Crippen molar-refractivity contribution >= 4 is 27.5 Å². The molecule has 10 heteroatoms. The van der Waals surface area contributed by atoms with Gasteiger partial charge in [0.15, 0.2) is 0 Å². The van der Waals surface area contributed by atoms with Crippen molar-refractivity contribution in [3.05, 3.63) is 84.4 Å². The Morgan fingerprint density at radius 2 is 1.63 bits per heavy atom. The SMILES string of the molecule is CCCCNC(=O)[C@@H](C)N(Cc1cccc(OC)c1)C(=O)CN(c1ccc(OCC)cc1)S(=O)(=O)c1ccccc1. The van der Waals surface area contributed by atoms with E-state index in [-0.39, 0.29) is 17.3 Å². The van der Waals surface area contributed by atoms with Gasteiger partial charge in [0.25, 0.3) is 10.0 Å². The van der Waals surface area contributed by atoms with Gasteiger partial charge in [0.05, 0.1) is 24.3 Å². The Balaban J connectivity index is 2.00. The van der Waals surface area contributed by atoms with Gasteiger partial charge in [-0.25, -0.2) is 8.42 Å². The van der Waals surface area contributed by atoms with E-state index in [4.69, 9.17) is 9.47 Å². The molecule has 2 amide bonds. The second kappa shape index (κ2) is 15.1. The van der Waals surface area contributed by atoms with Crippen molar-refractivity contribution in [2.45, 2.75) is 51.1 Å². The van der Waals surface area contributed by atoms with E-state index in [1.54, 1.807) is 74.7 Å². The lowest BCUT2D eigenvalue weighted by Gasteiger charge is -2.32. The standard InChI is InChI=1S/C31H39N3O6S/c1-5-7-20-32-31(36)24(3)33(22-25-12-11-13-28(21-25)39-4)30(35)23-34(26-16-18-27(19-17-26)40-6-2)41(37,38)29-14-9-8-10-15-29/h8-19,21,24H,5-7,20,22-23H2,1-4H3,(H,32,36)/t24-/m1/s1. The molecule has 0 heterocycles. The number of carbonyl (C=O) groups is 2. The maximum Gasteiger partial charge on any atom is 0.264 e. The van der Waals surface area contributed by atoms with Crippen molar-refractivity contribution in [3.63, 3.8) is 0 Å². The lowest BCUT2D eigenvalue weighted by molar-refractivity contribution is -0.139. The first kappa shape index (κ1) is 31.5. The van der Waals surface area contributed by atoms with E-state index in [2.05, 4.69) is 5.32 Å². The maximum absolute atomic E-state index is 14.0. The average molecular weight is 582 g/mol. The fourth-order valence-corrected chi connectivity index (χ4v) is 5.65. The third kappa shape index (κ3) is 8.47. The number of sulfonamides is 1. The molecule has 1 N–H and O–H groups in total. The third-order valence-corrected chi connectivity index (χ3v) is 8.32. The van der Waals surface area contributed by atoms with Crippen molar-refractivity contribution in [3.8, 4) is 11.5 Å². The number of nitrogens with one attached hydrogen (secondary N) is 1. The zero-order valence-corrected chi connectivity index (χ0v) is 24.9. The number of hydrogen-bond acceptors (Lipinski definition) is 6. The molecule has 220 valence electrons. The van der Waals surface area contributed by atoms with Crippen molar-refractivity contribution in [1.29, 1.82) is 0 Å². The Morgan fingerprint density at radius 3 is 2.27 bits per heavy atom. The smallest absolute Gasteiger partial charge is 0.264 e. The number of amides is 2. The summed E-state index contributed by atoms with van der Waals surface area (Å²) in [4.78, 5) is 28.5. The molecule has 0 fully saturated rings. The van der Waals surface area contributed by atoms with Crippen LogP contribution >= 0.6 is 0 Å². The molecule has 3 aromatic rings. The van der Waals surface area contributed by atoms with Gasteiger partial charge in [-0.1, -0.05) is 43.7 Å². The Bertz CT molecular complexity index is 1380. The lowest BCUT2D eigenvalue weighted by Crippen LogP contribution is -2.51. The monoisotopic (exact) mass is 581 g/mol. The van der Waals surface area contributed by atoms with Crippen molar-refractivity contribution in [2.24, 2.45) is 0 Å². The van der Waals surface area contributed by atoms with Gasteiger partial charge in [-0.05, 0) is 74.4 Å². The highest BCUT2D eigenvalue weighted by Crippen LogP contribution is 2.27. The van der Waals surface area contributed by atoms with Gasteiger partial charge in [0, 0.05) is 13.1 Å². The zero-order valence-electron chi connectivity index (χ0n) is 24.1. The third-order valence-electron chi connectivity index (χ3n) is 6.53. The summed E-state index contributed by atoms with van der Waals surface area (Å²) >= 11 is 0. The average Bonchev–Trinajstić information content (AvgIpc) is 2.99.